The molecule has 3 N–H and O–H groups in total. The van der Waals surface area contributed by atoms with Crippen LogP contribution in [0.1, 0.15) is 30.6 Å². The predicted octanol–water partition coefficient (Wildman–Crippen LogP) is 1.89. The number of ether oxygens (including phenoxy) is 2. The highest BCUT2D eigenvalue weighted by atomic mass is 35.5. The van der Waals surface area contributed by atoms with Crippen LogP contribution in [0.25, 0.3) is 0 Å². The van der Waals surface area contributed by atoms with Crippen LogP contribution in [0.4, 0.5) is 5.69 Å². The van der Waals surface area contributed by atoms with Gasteiger partial charge >= 0.3 is 0 Å². The van der Waals surface area contributed by atoms with E-state index in [1.54, 1.807) is 6.92 Å². The normalized spacial score (nSPS) is 11.1. The number of halogens is 1. The van der Waals surface area contributed by atoms with Gasteiger partial charge < -0.3 is 20.5 Å². The number of carbonyl (C=O) groups is 1. The maximum atomic E-state index is 12.2. The number of hydrogen-bond donors (Lipinski definition) is 2. The van der Waals surface area contributed by atoms with Crippen LogP contribution in [-0.2, 0) is 0 Å². The summed E-state index contributed by atoms with van der Waals surface area (Å²) < 4.78 is 10.4. The van der Waals surface area contributed by atoms with Crippen LogP contribution in [0.3, 0.4) is 0 Å². The summed E-state index contributed by atoms with van der Waals surface area (Å²) in [7, 11) is 1.38. The fraction of sp³-hybridized carbons (Fsp3) is 0.500. The number of nitrogens with one attached hydrogen (secondary N) is 1. The smallest absolute Gasteiger partial charge is 0.286 e. The molecule has 1 aromatic carbocycles. The van der Waals surface area contributed by atoms with Crippen molar-refractivity contribution in [3.63, 3.8) is 0 Å². The van der Waals surface area contributed by atoms with E-state index in [1.165, 1.54) is 19.2 Å². The number of amides is 1. The quantitative estimate of drug-likeness (QED) is 0.547. The van der Waals surface area contributed by atoms with Gasteiger partial charge in [0.2, 0.25) is 0 Å². The predicted molar refractivity (Wildman–Crippen MR) is 88.7 cm³/mol. The molecule has 130 valence electrons. The second-order valence-electron chi connectivity index (χ2n) is 4.73. The van der Waals surface area contributed by atoms with Crippen molar-refractivity contribution in [2.75, 3.05) is 20.3 Å². The largest absolute Gasteiger partial charge is 0.493 e. The molecule has 8 nitrogen and oxygen atoms in total. The minimum absolute atomic E-state index is 0. The number of nitrogens with zero attached hydrogens (tertiary/aromatic N) is 1. The van der Waals surface area contributed by atoms with E-state index in [-0.39, 0.29) is 41.2 Å². The lowest BCUT2D eigenvalue weighted by Gasteiger charge is -2.12. The van der Waals surface area contributed by atoms with Gasteiger partial charge in [-0.25, -0.2) is 0 Å². The van der Waals surface area contributed by atoms with Gasteiger partial charge in [0.25, 0.3) is 11.6 Å². The SMILES string of the molecule is CCOc1cc(C(=O)NCCC(C)N)c([N+](=O)[O-])cc1OC.Cl. The van der Waals surface area contributed by atoms with Crippen molar-refractivity contribution in [2.45, 2.75) is 26.3 Å². The van der Waals surface area contributed by atoms with Gasteiger partial charge in [0.1, 0.15) is 5.56 Å². The maximum Gasteiger partial charge on any atom is 0.286 e. The molecule has 0 radical (unpaired) electrons. The van der Waals surface area contributed by atoms with Crippen LogP contribution < -0.4 is 20.5 Å². The molecule has 0 aliphatic heterocycles. The van der Waals surface area contributed by atoms with E-state index in [0.29, 0.717) is 19.6 Å². The first-order valence-electron chi connectivity index (χ1n) is 6.93. The highest BCUT2D eigenvalue weighted by Gasteiger charge is 2.24. The fourth-order valence-electron chi connectivity index (χ4n) is 1.82. The number of benzene rings is 1. The summed E-state index contributed by atoms with van der Waals surface area (Å²) in [6.45, 7) is 4.27. The van der Waals surface area contributed by atoms with Crippen LogP contribution >= 0.6 is 12.4 Å². The van der Waals surface area contributed by atoms with E-state index >= 15 is 0 Å². The number of nitro groups is 1. The van der Waals surface area contributed by atoms with Crippen molar-refractivity contribution >= 4 is 24.0 Å². The standard InChI is InChI=1S/C14H21N3O5.ClH/c1-4-22-13-7-10(14(18)16-6-5-9(2)15)11(17(19)20)8-12(13)21-3;/h7-9H,4-6,15H2,1-3H3,(H,16,18);1H. The fourth-order valence-corrected chi connectivity index (χ4v) is 1.82. The highest BCUT2D eigenvalue weighted by molar-refractivity contribution is 5.99. The monoisotopic (exact) mass is 347 g/mol. The lowest BCUT2D eigenvalue weighted by atomic mass is 10.1. The molecule has 0 heterocycles. The molecule has 0 bridgehead atoms. The van der Waals surface area contributed by atoms with E-state index in [1.807, 2.05) is 6.92 Å². The number of nitrogens with two attached hydrogens (primary N) is 1. The van der Waals surface area contributed by atoms with Crippen molar-refractivity contribution < 1.29 is 19.2 Å². The average molecular weight is 348 g/mol. The van der Waals surface area contributed by atoms with Crippen LogP contribution in [0.2, 0.25) is 0 Å². The van der Waals surface area contributed by atoms with E-state index in [4.69, 9.17) is 15.2 Å². The van der Waals surface area contributed by atoms with Gasteiger partial charge in [0.15, 0.2) is 11.5 Å². The number of nitro benzene ring substituents is 1. The van der Waals surface area contributed by atoms with Crippen LogP contribution in [0.5, 0.6) is 11.5 Å². The molecule has 0 aliphatic carbocycles. The zero-order valence-corrected chi connectivity index (χ0v) is 14.1. The Balaban J connectivity index is 0.00000484. The summed E-state index contributed by atoms with van der Waals surface area (Å²) in [6, 6.07) is 2.44. The summed E-state index contributed by atoms with van der Waals surface area (Å²) in [5.41, 5.74) is 5.20. The minimum atomic E-state index is -0.626. The number of hydrogen-bond acceptors (Lipinski definition) is 6. The first kappa shape index (κ1) is 20.9. The van der Waals surface area contributed by atoms with Gasteiger partial charge in [-0.2, -0.15) is 0 Å². The molecule has 1 aromatic rings. The summed E-state index contributed by atoms with van der Waals surface area (Å²) in [5.74, 6) is -0.0513. The molecule has 1 unspecified atom stereocenters. The first-order valence-corrected chi connectivity index (χ1v) is 6.93. The lowest BCUT2D eigenvalue weighted by molar-refractivity contribution is -0.385. The molecule has 23 heavy (non-hydrogen) atoms. The average Bonchev–Trinajstić information content (AvgIpc) is 2.46. The number of rotatable bonds is 8. The molecule has 0 aromatic heterocycles. The van der Waals surface area contributed by atoms with E-state index < -0.39 is 10.8 Å². The molecule has 0 aliphatic rings. The third kappa shape index (κ3) is 5.91. The summed E-state index contributed by atoms with van der Waals surface area (Å²) in [6.07, 6.45) is 0.577. The zero-order chi connectivity index (χ0) is 16.7. The van der Waals surface area contributed by atoms with Gasteiger partial charge in [-0.15, -0.1) is 12.4 Å². The zero-order valence-electron chi connectivity index (χ0n) is 13.3. The van der Waals surface area contributed by atoms with Gasteiger partial charge in [0.05, 0.1) is 24.7 Å². The van der Waals surface area contributed by atoms with Crippen molar-refractivity contribution in [3.05, 3.63) is 27.8 Å². The molecule has 1 amide bonds. The van der Waals surface area contributed by atoms with Crippen molar-refractivity contribution in [2.24, 2.45) is 5.73 Å². The van der Waals surface area contributed by atoms with E-state index in [2.05, 4.69) is 5.32 Å². The Labute approximate surface area is 140 Å². The van der Waals surface area contributed by atoms with Crippen molar-refractivity contribution in [3.8, 4) is 11.5 Å². The van der Waals surface area contributed by atoms with Gasteiger partial charge in [-0.1, -0.05) is 0 Å². The third-order valence-corrected chi connectivity index (χ3v) is 2.91. The van der Waals surface area contributed by atoms with Gasteiger partial charge in [-0.05, 0) is 20.3 Å². The summed E-state index contributed by atoms with van der Waals surface area (Å²) >= 11 is 0. The Morgan fingerprint density at radius 1 is 1.43 bits per heavy atom. The molecule has 9 heteroatoms. The molecule has 0 fully saturated rings. The maximum absolute atomic E-state index is 12.2. The summed E-state index contributed by atoms with van der Waals surface area (Å²) in [4.78, 5) is 22.7. The molecule has 1 atom stereocenters. The third-order valence-electron chi connectivity index (χ3n) is 2.91. The van der Waals surface area contributed by atoms with Crippen LogP contribution in [0, 0.1) is 10.1 Å². The lowest BCUT2D eigenvalue weighted by Crippen LogP contribution is -2.29. The number of methoxy groups -OCH3 is 1. The Morgan fingerprint density at radius 2 is 2.09 bits per heavy atom. The molecule has 0 saturated heterocycles. The molecule has 1 rings (SSSR count). The number of carbonyl (C=O) groups excluding carboxylic acids is 1. The minimum Gasteiger partial charge on any atom is -0.493 e. The molecular formula is C14H22ClN3O5. The van der Waals surface area contributed by atoms with Crippen LogP contribution in [0.15, 0.2) is 12.1 Å². The molecule has 0 saturated carbocycles. The topological polar surface area (TPSA) is 117 Å². The Kier molecular flexibility index (Phi) is 8.97. The summed E-state index contributed by atoms with van der Waals surface area (Å²) in [5, 5.41) is 13.8. The van der Waals surface area contributed by atoms with Crippen LogP contribution in [-0.4, -0.2) is 37.1 Å². The van der Waals surface area contributed by atoms with Crippen molar-refractivity contribution in [1.82, 2.24) is 5.32 Å². The van der Waals surface area contributed by atoms with Gasteiger partial charge in [0, 0.05) is 18.7 Å². The van der Waals surface area contributed by atoms with E-state index in [9.17, 15) is 14.9 Å². The molecular weight excluding hydrogens is 326 g/mol. The highest BCUT2D eigenvalue weighted by Crippen LogP contribution is 2.34. The second kappa shape index (κ2) is 9.86. The van der Waals surface area contributed by atoms with Gasteiger partial charge in [-0.3, -0.25) is 14.9 Å². The second-order valence-corrected chi connectivity index (χ2v) is 4.73. The first-order chi connectivity index (χ1) is 10.4. The molecule has 0 spiro atoms. The Bertz CT molecular complexity index is 551. The van der Waals surface area contributed by atoms with E-state index in [0.717, 1.165) is 0 Å². The Morgan fingerprint density at radius 3 is 2.57 bits per heavy atom. The Hall–Kier alpha value is -2.06. The van der Waals surface area contributed by atoms with Crippen molar-refractivity contribution in [1.29, 1.82) is 0 Å².